The molecule has 20 heavy (non-hydrogen) atoms. The molecule has 112 valence electrons. The van der Waals surface area contributed by atoms with Crippen molar-refractivity contribution in [2.24, 2.45) is 0 Å². The Labute approximate surface area is 117 Å². The minimum atomic E-state index is -2.48. The van der Waals surface area contributed by atoms with Crippen molar-refractivity contribution in [2.45, 2.75) is 13.0 Å². The average Bonchev–Trinajstić information content (AvgIpc) is 2.36. The molecule has 4 nitrogen and oxygen atoms in total. The summed E-state index contributed by atoms with van der Waals surface area (Å²) in [5.41, 5.74) is 0.807. The first-order chi connectivity index (χ1) is 9.38. The average molecular weight is 286 g/mol. The maximum atomic E-state index is 12.4. The number of hydrogen-bond donors (Lipinski definition) is 1. The van der Waals surface area contributed by atoms with Crippen LogP contribution in [0.3, 0.4) is 0 Å². The SMILES string of the molecule is CN(C)CCN(CC(=O)O)Cc1ccc(C(F)F)cc1. The third-order valence-electron chi connectivity index (χ3n) is 2.86. The molecule has 0 saturated carbocycles. The third kappa shape index (κ3) is 6.08. The summed E-state index contributed by atoms with van der Waals surface area (Å²) in [5, 5.41) is 8.89. The molecule has 0 aliphatic heterocycles. The predicted octanol–water partition coefficient (Wildman–Crippen LogP) is 2.07. The third-order valence-corrected chi connectivity index (χ3v) is 2.86. The van der Waals surface area contributed by atoms with Gasteiger partial charge in [-0.15, -0.1) is 0 Å². The maximum absolute atomic E-state index is 12.4. The largest absolute Gasteiger partial charge is 0.480 e. The Morgan fingerprint density at radius 1 is 1.20 bits per heavy atom. The van der Waals surface area contributed by atoms with Gasteiger partial charge in [-0.1, -0.05) is 24.3 Å². The number of carboxylic acids is 1. The smallest absolute Gasteiger partial charge is 0.317 e. The summed E-state index contributed by atoms with van der Waals surface area (Å²) in [4.78, 5) is 14.6. The normalized spacial score (nSPS) is 11.6. The van der Waals surface area contributed by atoms with Gasteiger partial charge in [0.1, 0.15) is 0 Å². The predicted molar refractivity (Wildman–Crippen MR) is 72.9 cm³/mol. The summed E-state index contributed by atoms with van der Waals surface area (Å²) in [6.07, 6.45) is -2.48. The molecule has 0 heterocycles. The number of alkyl halides is 2. The van der Waals surface area contributed by atoms with E-state index in [0.29, 0.717) is 13.1 Å². The van der Waals surface area contributed by atoms with Crippen LogP contribution in [0.25, 0.3) is 0 Å². The number of rotatable bonds is 8. The number of aliphatic carboxylic acids is 1. The second kappa shape index (κ2) is 7.91. The highest BCUT2D eigenvalue weighted by Gasteiger charge is 2.12. The van der Waals surface area contributed by atoms with Gasteiger partial charge in [-0.2, -0.15) is 0 Å². The highest BCUT2D eigenvalue weighted by atomic mass is 19.3. The van der Waals surface area contributed by atoms with Gasteiger partial charge in [0.25, 0.3) is 6.43 Å². The van der Waals surface area contributed by atoms with E-state index in [2.05, 4.69) is 0 Å². The molecule has 6 heteroatoms. The molecule has 1 aromatic carbocycles. The van der Waals surface area contributed by atoms with Gasteiger partial charge in [-0.3, -0.25) is 9.69 Å². The van der Waals surface area contributed by atoms with E-state index < -0.39 is 12.4 Å². The van der Waals surface area contributed by atoms with Crippen LogP contribution in [0.2, 0.25) is 0 Å². The maximum Gasteiger partial charge on any atom is 0.317 e. The molecule has 1 aromatic rings. The number of halogens is 2. The van der Waals surface area contributed by atoms with Crippen molar-refractivity contribution in [3.8, 4) is 0 Å². The van der Waals surface area contributed by atoms with Gasteiger partial charge in [0.15, 0.2) is 0 Å². The Morgan fingerprint density at radius 3 is 2.25 bits per heavy atom. The van der Waals surface area contributed by atoms with Crippen LogP contribution in [0.1, 0.15) is 17.6 Å². The van der Waals surface area contributed by atoms with Gasteiger partial charge in [0.2, 0.25) is 0 Å². The summed E-state index contributed by atoms with van der Waals surface area (Å²) in [5.74, 6) is -0.895. The first kappa shape index (κ1) is 16.5. The van der Waals surface area contributed by atoms with Crippen molar-refractivity contribution in [3.05, 3.63) is 35.4 Å². The van der Waals surface area contributed by atoms with Gasteiger partial charge < -0.3 is 10.0 Å². The molecular weight excluding hydrogens is 266 g/mol. The van der Waals surface area contributed by atoms with Crippen molar-refractivity contribution < 1.29 is 18.7 Å². The molecule has 0 unspecified atom stereocenters. The van der Waals surface area contributed by atoms with E-state index in [1.807, 2.05) is 19.0 Å². The van der Waals surface area contributed by atoms with Crippen LogP contribution >= 0.6 is 0 Å². The second-order valence-corrected chi connectivity index (χ2v) is 4.95. The Bertz CT molecular complexity index is 422. The molecule has 0 aliphatic rings. The number of likely N-dealkylation sites (N-methyl/N-ethyl adjacent to an activating group) is 1. The first-order valence-electron chi connectivity index (χ1n) is 6.34. The standard InChI is InChI=1S/C14H20F2N2O2/c1-17(2)7-8-18(10-13(19)20)9-11-3-5-12(6-4-11)14(15)16/h3-6,14H,7-10H2,1-2H3,(H,19,20). The number of benzene rings is 1. The van der Waals surface area contributed by atoms with Crippen LogP contribution in [-0.2, 0) is 11.3 Å². The summed E-state index contributed by atoms with van der Waals surface area (Å²) in [7, 11) is 3.83. The Morgan fingerprint density at radius 2 is 1.80 bits per heavy atom. The molecular formula is C14H20F2N2O2. The van der Waals surface area contributed by atoms with Crippen LogP contribution in [0, 0.1) is 0 Å². The number of hydrogen-bond acceptors (Lipinski definition) is 3. The van der Waals surface area contributed by atoms with E-state index in [4.69, 9.17) is 5.11 Å². The van der Waals surface area contributed by atoms with E-state index in [-0.39, 0.29) is 12.1 Å². The zero-order valence-electron chi connectivity index (χ0n) is 11.7. The molecule has 1 rings (SSSR count). The fraction of sp³-hybridized carbons (Fsp3) is 0.500. The highest BCUT2D eigenvalue weighted by Crippen LogP contribution is 2.19. The van der Waals surface area contributed by atoms with Crippen LogP contribution < -0.4 is 0 Å². The monoisotopic (exact) mass is 286 g/mol. The van der Waals surface area contributed by atoms with Crippen LogP contribution in [0.4, 0.5) is 8.78 Å². The van der Waals surface area contributed by atoms with E-state index in [0.717, 1.165) is 12.1 Å². The lowest BCUT2D eigenvalue weighted by Crippen LogP contribution is -2.35. The molecule has 0 fully saturated rings. The van der Waals surface area contributed by atoms with Crippen LogP contribution in [-0.4, -0.2) is 54.6 Å². The molecule has 1 N–H and O–H groups in total. The van der Waals surface area contributed by atoms with Crippen molar-refractivity contribution in [2.75, 3.05) is 33.7 Å². The minimum Gasteiger partial charge on any atom is -0.480 e. The van der Waals surface area contributed by atoms with E-state index in [9.17, 15) is 13.6 Å². The van der Waals surface area contributed by atoms with Gasteiger partial charge in [-0.25, -0.2) is 8.78 Å². The Kier molecular flexibility index (Phi) is 6.54. The molecule has 0 bridgehead atoms. The topological polar surface area (TPSA) is 43.8 Å². The van der Waals surface area contributed by atoms with E-state index in [1.54, 1.807) is 17.0 Å². The molecule has 0 aliphatic carbocycles. The summed E-state index contributed by atoms with van der Waals surface area (Å²) < 4.78 is 24.9. The lowest BCUT2D eigenvalue weighted by Gasteiger charge is -2.22. The molecule has 0 spiro atoms. The number of carbonyl (C=O) groups is 1. The fourth-order valence-electron chi connectivity index (χ4n) is 1.77. The highest BCUT2D eigenvalue weighted by molar-refractivity contribution is 5.69. The quantitative estimate of drug-likeness (QED) is 0.794. The summed E-state index contributed by atoms with van der Waals surface area (Å²) in [6.45, 7) is 1.71. The Hall–Kier alpha value is -1.53. The lowest BCUT2D eigenvalue weighted by molar-refractivity contribution is -0.138. The molecule has 0 aromatic heterocycles. The zero-order valence-corrected chi connectivity index (χ0v) is 11.7. The van der Waals surface area contributed by atoms with Crippen molar-refractivity contribution in [1.29, 1.82) is 0 Å². The minimum absolute atomic E-state index is 0.0215. The van der Waals surface area contributed by atoms with Gasteiger partial charge in [0, 0.05) is 25.2 Å². The van der Waals surface area contributed by atoms with E-state index in [1.165, 1.54) is 12.1 Å². The number of nitrogens with zero attached hydrogens (tertiary/aromatic N) is 2. The van der Waals surface area contributed by atoms with Crippen LogP contribution in [0.15, 0.2) is 24.3 Å². The number of carboxylic acid groups (broad SMARTS) is 1. The van der Waals surface area contributed by atoms with Crippen molar-refractivity contribution >= 4 is 5.97 Å². The van der Waals surface area contributed by atoms with Gasteiger partial charge in [0.05, 0.1) is 6.54 Å². The van der Waals surface area contributed by atoms with Gasteiger partial charge in [-0.05, 0) is 19.7 Å². The zero-order chi connectivity index (χ0) is 15.1. The molecule has 0 radical (unpaired) electrons. The fourth-order valence-corrected chi connectivity index (χ4v) is 1.77. The van der Waals surface area contributed by atoms with E-state index >= 15 is 0 Å². The second-order valence-electron chi connectivity index (χ2n) is 4.95. The Balaban J connectivity index is 2.65. The summed E-state index contributed by atoms with van der Waals surface area (Å²) >= 11 is 0. The molecule has 0 amide bonds. The molecule has 0 atom stereocenters. The lowest BCUT2D eigenvalue weighted by atomic mass is 10.1. The molecule has 0 saturated heterocycles. The van der Waals surface area contributed by atoms with Crippen molar-refractivity contribution in [3.63, 3.8) is 0 Å². The first-order valence-corrected chi connectivity index (χ1v) is 6.34. The van der Waals surface area contributed by atoms with Crippen molar-refractivity contribution in [1.82, 2.24) is 9.80 Å². The van der Waals surface area contributed by atoms with Gasteiger partial charge >= 0.3 is 5.97 Å². The van der Waals surface area contributed by atoms with Crippen LogP contribution in [0.5, 0.6) is 0 Å². The summed E-state index contributed by atoms with van der Waals surface area (Å²) in [6, 6.07) is 5.99.